The van der Waals surface area contributed by atoms with Gasteiger partial charge in [-0.15, -0.1) is 0 Å². The van der Waals surface area contributed by atoms with E-state index in [0.29, 0.717) is 5.56 Å². The fraction of sp³-hybridized carbons (Fsp3) is 0.452. The van der Waals surface area contributed by atoms with Gasteiger partial charge in [0.1, 0.15) is 17.4 Å². The van der Waals surface area contributed by atoms with Crippen molar-refractivity contribution in [1.82, 2.24) is 4.90 Å². The van der Waals surface area contributed by atoms with Crippen LogP contribution in [0.3, 0.4) is 0 Å². The van der Waals surface area contributed by atoms with Crippen LogP contribution in [-0.2, 0) is 26.2 Å². The first kappa shape index (κ1) is 28.0. The Morgan fingerprint density at radius 1 is 1.05 bits per heavy atom. The lowest BCUT2D eigenvalue weighted by atomic mass is 9.54. The summed E-state index contributed by atoms with van der Waals surface area (Å²) in [6.45, 7) is 6.36. The summed E-state index contributed by atoms with van der Waals surface area (Å²) >= 11 is 0. The molecule has 40 heavy (non-hydrogen) atoms. The van der Waals surface area contributed by atoms with Crippen LogP contribution in [0.15, 0.2) is 42.0 Å². The van der Waals surface area contributed by atoms with E-state index in [1.54, 1.807) is 25.1 Å². The number of primary amides is 1. The number of ketones is 2. The highest BCUT2D eigenvalue weighted by Crippen LogP contribution is 2.53. The van der Waals surface area contributed by atoms with E-state index < -0.39 is 58.7 Å². The molecule has 1 amide bonds. The second-order valence-electron chi connectivity index (χ2n) is 12.6. The van der Waals surface area contributed by atoms with E-state index in [4.69, 9.17) is 5.73 Å². The number of phenolic OH excluding ortho intramolecular Hbond substituents is 1. The molecule has 9 heteroatoms. The quantitative estimate of drug-likeness (QED) is 0.364. The van der Waals surface area contributed by atoms with Crippen LogP contribution in [0.4, 0.5) is 0 Å². The van der Waals surface area contributed by atoms with Crippen LogP contribution in [0, 0.1) is 17.8 Å². The molecular formula is C31H36N2O7. The maximum atomic E-state index is 14.0. The molecule has 2 fully saturated rings. The van der Waals surface area contributed by atoms with Crippen LogP contribution in [0.25, 0.3) is 16.9 Å². The normalized spacial score (nSPS) is 30.1. The average molecular weight is 549 g/mol. The number of fused-ring (bicyclic) bond motifs is 3. The number of rotatable bonds is 3. The molecule has 0 spiro atoms. The monoisotopic (exact) mass is 548 g/mol. The number of phenols is 1. The van der Waals surface area contributed by atoms with Crippen molar-refractivity contribution in [2.24, 2.45) is 23.5 Å². The summed E-state index contributed by atoms with van der Waals surface area (Å²) in [4.78, 5) is 41.2. The minimum Gasteiger partial charge on any atom is -0.507 e. The van der Waals surface area contributed by atoms with Gasteiger partial charge in [-0.1, -0.05) is 51.1 Å². The Kier molecular flexibility index (Phi) is 6.48. The molecule has 2 saturated carbocycles. The Bertz CT molecular complexity index is 1450. The molecule has 0 radical (unpaired) electrons. The lowest BCUT2D eigenvalue weighted by Crippen LogP contribution is -2.73. The second kappa shape index (κ2) is 9.26. The number of amides is 1. The Morgan fingerprint density at radius 2 is 1.68 bits per heavy atom. The maximum absolute atomic E-state index is 14.0. The Balaban J connectivity index is 1.67. The molecule has 2 aromatic rings. The molecule has 212 valence electrons. The smallest absolute Gasteiger partial charge is 0.230 e. The molecule has 0 bridgehead atoms. The number of nitrogens with two attached hydrogens (primary N) is 1. The van der Waals surface area contributed by atoms with Crippen molar-refractivity contribution >= 4 is 23.2 Å². The largest absolute Gasteiger partial charge is 0.507 e. The first-order chi connectivity index (χ1) is 18.6. The Labute approximate surface area is 232 Å². The molecule has 9 nitrogen and oxygen atoms in total. The van der Waals surface area contributed by atoms with Crippen LogP contribution in [0.1, 0.15) is 43.9 Å². The minimum atomic E-state index is -2.67. The van der Waals surface area contributed by atoms with Gasteiger partial charge in [-0.2, -0.15) is 0 Å². The van der Waals surface area contributed by atoms with Crippen molar-refractivity contribution in [2.75, 3.05) is 14.1 Å². The van der Waals surface area contributed by atoms with Crippen LogP contribution in [-0.4, -0.2) is 74.6 Å². The lowest BCUT2D eigenvalue weighted by Gasteiger charge is -2.53. The topological polar surface area (TPSA) is 161 Å². The van der Waals surface area contributed by atoms with Gasteiger partial charge in [0, 0.05) is 17.5 Å². The number of aromatic hydroxyl groups is 1. The lowest BCUT2D eigenvalue weighted by molar-refractivity contribution is -0.184. The Hall–Kier alpha value is -3.53. The number of aliphatic hydroxyl groups is 3. The first-order valence-corrected chi connectivity index (χ1v) is 13.4. The number of carbonyl (C=O) groups excluding carboxylic acids is 3. The number of Topliss-reactive ketones (excluding diaryl/α,β-unsaturated/α-hetero) is 2. The highest BCUT2D eigenvalue weighted by atomic mass is 16.3. The van der Waals surface area contributed by atoms with Crippen LogP contribution < -0.4 is 5.73 Å². The molecule has 6 N–H and O–H groups in total. The van der Waals surface area contributed by atoms with Gasteiger partial charge in [-0.25, -0.2) is 0 Å². The number of nitrogens with zero attached hydrogens (tertiary/aromatic N) is 1. The van der Waals surface area contributed by atoms with E-state index in [0.717, 1.165) is 16.7 Å². The zero-order chi connectivity index (χ0) is 29.5. The third kappa shape index (κ3) is 3.90. The van der Waals surface area contributed by atoms with Crippen molar-refractivity contribution < 1.29 is 34.8 Å². The fourth-order valence-corrected chi connectivity index (χ4v) is 7.02. The second-order valence-corrected chi connectivity index (χ2v) is 12.6. The number of hydrogen-bond donors (Lipinski definition) is 5. The van der Waals surface area contributed by atoms with Crippen molar-refractivity contribution in [3.8, 4) is 16.9 Å². The predicted octanol–water partition coefficient (Wildman–Crippen LogP) is 2.09. The summed E-state index contributed by atoms with van der Waals surface area (Å²) in [5.74, 6) is -7.50. The zero-order valence-electron chi connectivity index (χ0n) is 23.3. The molecule has 2 aromatic carbocycles. The summed E-state index contributed by atoms with van der Waals surface area (Å²) in [6, 6.07) is 10.3. The molecule has 3 aliphatic carbocycles. The van der Waals surface area contributed by atoms with E-state index in [1.807, 2.05) is 24.3 Å². The first-order valence-electron chi connectivity index (χ1n) is 13.4. The van der Waals surface area contributed by atoms with Gasteiger partial charge in [0.15, 0.2) is 11.4 Å². The van der Waals surface area contributed by atoms with Crippen LogP contribution >= 0.6 is 0 Å². The summed E-state index contributed by atoms with van der Waals surface area (Å²) < 4.78 is 0. The minimum absolute atomic E-state index is 0.0411. The summed E-state index contributed by atoms with van der Waals surface area (Å²) in [6.07, 6.45) is -1.19. The molecular weight excluding hydrogens is 512 g/mol. The predicted molar refractivity (Wildman–Crippen MR) is 148 cm³/mol. The van der Waals surface area contributed by atoms with E-state index in [9.17, 15) is 34.8 Å². The molecule has 6 atom stereocenters. The molecule has 0 aromatic heterocycles. The zero-order valence-corrected chi connectivity index (χ0v) is 23.3. The average Bonchev–Trinajstić information content (AvgIpc) is 2.85. The highest BCUT2D eigenvalue weighted by molar-refractivity contribution is 6.25. The van der Waals surface area contributed by atoms with E-state index in [2.05, 4.69) is 20.8 Å². The third-order valence-electron chi connectivity index (χ3n) is 9.03. The van der Waals surface area contributed by atoms with E-state index in [1.165, 1.54) is 6.07 Å². The van der Waals surface area contributed by atoms with Crippen molar-refractivity contribution in [3.05, 3.63) is 58.7 Å². The molecule has 2 unspecified atom stereocenters. The highest BCUT2D eigenvalue weighted by Gasteiger charge is 2.67. The van der Waals surface area contributed by atoms with Crippen molar-refractivity contribution in [3.63, 3.8) is 0 Å². The van der Waals surface area contributed by atoms with Crippen LogP contribution in [0.2, 0.25) is 0 Å². The van der Waals surface area contributed by atoms with Gasteiger partial charge in [0.2, 0.25) is 11.7 Å². The molecule has 0 saturated heterocycles. The van der Waals surface area contributed by atoms with Gasteiger partial charge in [0.05, 0.1) is 11.7 Å². The van der Waals surface area contributed by atoms with Crippen molar-refractivity contribution in [1.29, 1.82) is 0 Å². The standard InChI is InChI=1S/C31H36N2O7/c1-30(2,3)16-8-6-14(7-9-16)17-10-11-20(34)22-18(17)12-15-13-19-24(33(4)5)26(36)23(29(32)39)28(38)31(19,40)27(37)21(15)25(22)35/h6-11,15,19,23-24,26,34-36,40H,12-13H2,1-5H3,(H2,32,39)/t15-,19-,23?,24-,26?,31-/m1/s1. The number of carbonyl (C=O) groups is 3. The summed E-state index contributed by atoms with van der Waals surface area (Å²) in [7, 11) is 3.26. The van der Waals surface area contributed by atoms with E-state index in [-0.39, 0.29) is 35.1 Å². The fourth-order valence-electron chi connectivity index (χ4n) is 7.02. The summed E-state index contributed by atoms with van der Waals surface area (Å²) in [5.41, 5.74) is 6.09. The molecule has 5 rings (SSSR count). The van der Waals surface area contributed by atoms with Gasteiger partial charge in [-0.3, -0.25) is 14.4 Å². The van der Waals surface area contributed by atoms with Gasteiger partial charge in [-0.05, 0) is 66.6 Å². The van der Waals surface area contributed by atoms with Crippen LogP contribution in [0.5, 0.6) is 5.75 Å². The van der Waals surface area contributed by atoms with Gasteiger partial charge < -0.3 is 31.1 Å². The number of hydrogen-bond acceptors (Lipinski definition) is 8. The molecule has 3 aliphatic rings. The molecule has 0 aliphatic heterocycles. The summed E-state index contributed by atoms with van der Waals surface area (Å²) in [5, 5.41) is 45.0. The number of aliphatic hydroxyl groups excluding tert-OH is 2. The maximum Gasteiger partial charge on any atom is 0.230 e. The van der Waals surface area contributed by atoms with E-state index >= 15 is 0 Å². The van der Waals surface area contributed by atoms with Gasteiger partial charge in [0.25, 0.3) is 0 Å². The number of likely N-dealkylation sites (N-methyl/N-ethyl adjacent to an activating group) is 1. The molecule has 0 heterocycles. The third-order valence-corrected chi connectivity index (χ3v) is 9.03. The Morgan fingerprint density at radius 3 is 2.23 bits per heavy atom. The number of benzene rings is 2. The van der Waals surface area contributed by atoms with Gasteiger partial charge >= 0.3 is 0 Å². The van der Waals surface area contributed by atoms with Crippen molar-refractivity contribution in [2.45, 2.75) is 56.8 Å². The SMILES string of the molecule is CN(C)[C@H]1C(O)C(C(N)=O)C(=O)[C@]2(O)C(=O)C3=C(O)c4c(O)ccc(-c5ccc(C(C)(C)C)cc5)c4C[C@@H]3C[C@H]12.